The third kappa shape index (κ3) is 6.84. The van der Waals surface area contributed by atoms with Crippen LogP contribution in [0.1, 0.15) is 77.2 Å². The first-order valence-corrected chi connectivity index (χ1v) is 10.6. The number of benzene rings is 1. The van der Waals surface area contributed by atoms with Gasteiger partial charge in [-0.1, -0.05) is 58.8 Å². The van der Waals surface area contributed by atoms with Crippen LogP contribution in [-0.2, 0) is 6.42 Å². The summed E-state index contributed by atoms with van der Waals surface area (Å²) in [5.74, 6) is -1.82. The van der Waals surface area contributed by atoms with Gasteiger partial charge >= 0.3 is 0 Å². The number of nitrogens with zero attached hydrogens (tertiary/aromatic N) is 2. The molecular formula is C23H32F2N2O. The second kappa shape index (κ2) is 12.4. The van der Waals surface area contributed by atoms with Gasteiger partial charge in [0, 0.05) is 12.4 Å². The molecule has 0 aliphatic heterocycles. The molecule has 0 bridgehead atoms. The fourth-order valence-electron chi connectivity index (χ4n) is 3.05. The van der Waals surface area contributed by atoms with E-state index in [0.717, 1.165) is 31.2 Å². The summed E-state index contributed by atoms with van der Waals surface area (Å²) in [6, 6.07) is 2.92. The van der Waals surface area contributed by atoms with Crippen molar-refractivity contribution in [3.8, 4) is 17.1 Å². The Bertz CT molecular complexity index is 704. The second-order valence-electron chi connectivity index (χ2n) is 7.23. The van der Waals surface area contributed by atoms with Crippen molar-refractivity contribution in [3.63, 3.8) is 0 Å². The molecule has 0 saturated heterocycles. The van der Waals surface area contributed by atoms with Gasteiger partial charge in [0.25, 0.3) is 0 Å². The summed E-state index contributed by atoms with van der Waals surface area (Å²) in [5.41, 5.74) is 1.08. The Balaban J connectivity index is 1.89. The van der Waals surface area contributed by atoms with E-state index in [-0.39, 0.29) is 17.1 Å². The van der Waals surface area contributed by atoms with Crippen molar-refractivity contribution in [2.75, 3.05) is 6.61 Å². The minimum absolute atomic E-state index is 0.0582. The maximum Gasteiger partial charge on any atom is 0.201 e. The van der Waals surface area contributed by atoms with E-state index >= 15 is 0 Å². The zero-order chi connectivity index (χ0) is 20.2. The average Bonchev–Trinajstić information content (AvgIpc) is 2.71. The van der Waals surface area contributed by atoms with Crippen LogP contribution in [0.15, 0.2) is 24.5 Å². The molecule has 0 fully saturated rings. The molecule has 1 aromatic carbocycles. The van der Waals surface area contributed by atoms with Gasteiger partial charge in [-0.05, 0) is 37.0 Å². The smallest absolute Gasteiger partial charge is 0.201 e. The van der Waals surface area contributed by atoms with Gasteiger partial charge in [-0.25, -0.2) is 14.4 Å². The Morgan fingerprint density at radius 1 is 0.786 bits per heavy atom. The van der Waals surface area contributed by atoms with Crippen molar-refractivity contribution < 1.29 is 13.5 Å². The number of ether oxygens (including phenoxy) is 1. The maximum atomic E-state index is 14.4. The van der Waals surface area contributed by atoms with Crippen molar-refractivity contribution in [2.24, 2.45) is 0 Å². The van der Waals surface area contributed by atoms with Gasteiger partial charge in [0.1, 0.15) is 0 Å². The molecule has 28 heavy (non-hydrogen) atoms. The molecular weight excluding hydrogens is 358 g/mol. The fourth-order valence-corrected chi connectivity index (χ4v) is 3.05. The average molecular weight is 391 g/mol. The number of aromatic nitrogens is 2. The first-order chi connectivity index (χ1) is 13.7. The SMILES string of the molecule is CCCCCCCCCc1cnc(-c2ccc(OCCCC)c(F)c2F)nc1. The van der Waals surface area contributed by atoms with E-state index in [9.17, 15) is 8.78 Å². The summed E-state index contributed by atoms with van der Waals surface area (Å²) in [6.45, 7) is 4.60. The molecule has 3 nitrogen and oxygen atoms in total. The Labute approximate surface area is 167 Å². The number of unbranched alkanes of at least 4 members (excludes halogenated alkanes) is 7. The zero-order valence-corrected chi connectivity index (χ0v) is 17.1. The Kier molecular flexibility index (Phi) is 9.87. The topological polar surface area (TPSA) is 35.0 Å². The summed E-state index contributed by atoms with van der Waals surface area (Å²) in [6.07, 6.45) is 14.8. The summed E-state index contributed by atoms with van der Waals surface area (Å²) >= 11 is 0. The lowest BCUT2D eigenvalue weighted by atomic mass is 10.1. The highest BCUT2D eigenvalue weighted by atomic mass is 19.2. The first-order valence-electron chi connectivity index (χ1n) is 10.6. The van der Waals surface area contributed by atoms with Gasteiger partial charge in [-0.15, -0.1) is 0 Å². The van der Waals surface area contributed by atoms with Crippen LogP contribution in [0.5, 0.6) is 5.75 Å². The van der Waals surface area contributed by atoms with E-state index in [1.807, 2.05) is 6.92 Å². The number of halogens is 2. The lowest BCUT2D eigenvalue weighted by Crippen LogP contribution is -2.02. The van der Waals surface area contributed by atoms with Crippen molar-refractivity contribution in [3.05, 3.63) is 41.7 Å². The molecule has 0 atom stereocenters. The Morgan fingerprint density at radius 3 is 2.11 bits per heavy atom. The molecule has 154 valence electrons. The quantitative estimate of drug-likeness (QED) is 0.349. The second-order valence-corrected chi connectivity index (χ2v) is 7.23. The standard InChI is InChI=1S/C23H32F2N2O/c1-3-5-7-8-9-10-11-12-18-16-26-23(27-17-18)19-13-14-20(22(25)21(19)24)28-15-6-4-2/h13-14,16-17H,3-12,15H2,1-2H3. The van der Waals surface area contributed by atoms with Crippen molar-refractivity contribution in [2.45, 2.75) is 78.1 Å². The molecule has 1 aromatic heterocycles. The molecule has 2 rings (SSSR count). The normalized spacial score (nSPS) is 11.0. The van der Waals surface area contributed by atoms with Crippen LogP contribution in [0, 0.1) is 11.6 Å². The summed E-state index contributed by atoms with van der Waals surface area (Å²) < 4.78 is 33.9. The van der Waals surface area contributed by atoms with Gasteiger partial charge < -0.3 is 4.74 Å². The molecule has 5 heteroatoms. The van der Waals surface area contributed by atoms with Crippen LogP contribution in [0.4, 0.5) is 8.78 Å². The van der Waals surface area contributed by atoms with E-state index in [1.165, 1.54) is 50.7 Å². The Hall–Kier alpha value is -2.04. The van der Waals surface area contributed by atoms with E-state index in [1.54, 1.807) is 12.4 Å². The molecule has 0 unspecified atom stereocenters. The largest absolute Gasteiger partial charge is 0.490 e. The lowest BCUT2D eigenvalue weighted by Gasteiger charge is -2.09. The minimum Gasteiger partial charge on any atom is -0.490 e. The van der Waals surface area contributed by atoms with Crippen molar-refractivity contribution in [1.29, 1.82) is 0 Å². The van der Waals surface area contributed by atoms with E-state index in [0.29, 0.717) is 6.61 Å². The van der Waals surface area contributed by atoms with Gasteiger partial charge in [-0.3, -0.25) is 0 Å². The number of aryl methyl sites for hydroxylation is 1. The highest BCUT2D eigenvalue weighted by Gasteiger charge is 2.17. The highest BCUT2D eigenvalue weighted by Crippen LogP contribution is 2.28. The predicted octanol–water partition coefficient (Wildman–Crippen LogP) is 6.89. The minimum atomic E-state index is -0.982. The summed E-state index contributed by atoms with van der Waals surface area (Å²) in [4.78, 5) is 8.47. The number of hydrogen-bond acceptors (Lipinski definition) is 3. The van der Waals surface area contributed by atoms with Gasteiger partial charge in [0.05, 0.1) is 12.2 Å². The zero-order valence-electron chi connectivity index (χ0n) is 17.1. The number of rotatable bonds is 13. The molecule has 0 saturated carbocycles. The maximum absolute atomic E-state index is 14.4. The molecule has 0 amide bonds. The molecule has 0 radical (unpaired) electrons. The van der Waals surface area contributed by atoms with Crippen molar-refractivity contribution in [1.82, 2.24) is 9.97 Å². The lowest BCUT2D eigenvalue weighted by molar-refractivity contribution is 0.289. The first kappa shape index (κ1) is 22.3. The monoisotopic (exact) mass is 390 g/mol. The van der Waals surface area contributed by atoms with Crippen LogP contribution in [-0.4, -0.2) is 16.6 Å². The van der Waals surface area contributed by atoms with Gasteiger partial charge in [-0.2, -0.15) is 4.39 Å². The van der Waals surface area contributed by atoms with E-state index in [2.05, 4.69) is 16.9 Å². The fraction of sp³-hybridized carbons (Fsp3) is 0.565. The third-order valence-corrected chi connectivity index (χ3v) is 4.82. The molecule has 0 N–H and O–H groups in total. The van der Waals surface area contributed by atoms with Crippen LogP contribution >= 0.6 is 0 Å². The Morgan fingerprint density at radius 2 is 1.43 bits per heavy atom. The van der Waals surface area contributed by atoms with Crippen LogP contribution in [0.3, 0.4) is 0 Å². The summed E-state index contributed by atoms with van der Waals surface area (Å²) in [7, 11) is 0. The molecule has 2 aromatic rings. The molecule has 0 spiro atoms. The van der Waals surface area contributed by atoms with E-state index in [4.69, 9.17) is 4.74 Å². The summed E-state index contributed by atoms with van der Waals surface area (Å²) in [5, 5.41) is 0. The van der Waals surface area contributed by atoms with Crippen LogP contribution in [0.25, 0.3) is 11.4 Å². The predicted molar refractivity (Wildman–Crippen MR) is 109 cm³/mol. The van der Waals surface area contributed by atoms with Crippen molar-refractivity contribution >= 4 is 0 Å². The highest BCUT2D eigenvalue weighted by molar-refractivity contribution is 5.57. The van der Waals surface area contributed by atoms with Crippen LogP contribution < -0.4 is 4.74 Å². The molecule has 0 aliphatic rings. The van der Waals surface area contributed by atoms with Crippen LogP contribution in [0.2, 0.25) is 0 Å². The molecule has 1 heterocycles. The third-order valence-electron chi connectivity index (χ3n) is 4.82. The van der Waals surface area contributed by atoms with Gasteiger partial charge in [0.15, 0.2) is 17.4 Å². The van der Waals surface area contributed by atoms with E-state index < -0.39 is 11.6 Å². The molecule has 0 aliphatic carbocycles. The van der Waals surface area contributed by atoms with Gasteiger partial charge in [0.2, 0.25) is 5.82 Å². The number of hydrogen-bond donors (Lipinski definition) is 0.